The fraction of sp³-hybridized carbons (Fsp3) is 0.0968. The van der Waals surface area contributed by atoms with Gasteiger partial charge in [0.2, 0.25) is 0 Å². The topological polar surface area (TPSA) is 6.48 Å². The molecule has 0 bridgehead atoms. The lowest BCUT2D eigenvalue weighted by Crippen LogP contribution is -2.17. The van der Waals surface area contributed by atoms with E-state index in [1.54, 1.807) is 0 Å². The molecule has 0 saturated carbocycles. The van der Waals surface area contributed by atoms with Crippen LogP contribution in [0.25, 0.3) is 54.9 Å². The molecular weight excluding hydrogens is 773 g/mol. The Morgan fingerprint density at radius 3 is 1.02 bits per heavy atom. The van der Waals surface area contributed by atoms with Crippen molar-refractivity contribution >= 4 is 55.7 Å². The molecule has 0 unspecified atom stereocenters. The van der Waals surface area contributed by atoms with Crippen molar-refractivity contribution in [1.29, 1.82) is 0 Å². The van der Waals surface area contributed by atoms with Crippen molar-refractivity contribution < 1.29 is 0 Å². The fourth-order valence-electron chi connectivity index (χ4n) is 11.1. The first kappa shape index (κ1) is 38.0. The Kier molecular flexibility index (Phi) is 8.58. The minimum absolute atomic E-state index is 0.145. The molecule has 0 atom stereocenters. The molecule has 0 spiro atoms. The largest absolute Gasteiger partial charge is 0.310 e. The van der Waals surface area contributed by atoms with Gasteiger partial charge < -0.3 is 9.80 Å². The standard InChI is InChI=1S/C62H48N2/c1-61(2)57-39-49(33-37-53(57)55-35-27-43-15-11-13-21-51(43)59(55)61)63(45-17-7-5-8-18-45)47-29-23-41(24-30-47)42-25-31-48(32-26-42)64(46-19-9-6-10-20-46)50-34-38-54-56-36-28-44-16-12-14-22-52(44)60(56)62(3,4)58(54)40-50/h5-40H,1-4H3. The number of para-hydroxylation sites is 2. The average Bonchev–Trinajstić information content (AvgIpc) is 3.72. The van der Waals surface area contributed by atoms with Crippen LogP contribution >= 0.6 is 0 Å². The zero-order valence-corrected chi connectivity index (χ0v) is 36.7. The van der Waals surface area contributed by atoms with Crippen LogP contribution in [-0.4, -0.2) is 0 Å². The van der Waals surface area contributed by atoms with Crippen molar-refractivity contribution in [1.82, 2.24) is 0 Å². The third-order valence-corrected chi connectivity index (χ3v) is 14.2. The van der Waals surface area contributed by atoms with Gasteiger partial charge in [-0.2, -0.15) is 0 Å². The highest BCUT2D eigenvalue weighted by Crippen LogP contribution is 2.54. The van der Waals surface area contributed by atoms with Crippen LogP contribution in [0.1, 0.15) is 49.9 Å². The van der Waals surface area contributed by atoms with Crippen molar-refractivity contribution in [2.75, 3.05) is 9.80 Å². The monoisotopic (exact) mass is 820 g/mol. The lowest BCUT2D eigenvalue weighted by molar-refractivity contribution is 0.666. The van der Waals surface area contributed by atoms with Gasteiger partial charge in [0.1, 0.15) is 0 Å². The number of anilines is 6. The van der Waals surface area contributed by atoms with Gasteiger partial charge >= 0.3 is 0 Å². The van der Waals surface area contributed by atoms with E-state index < -0.39 is 0 Å². The molecule has 2 aliphatic rings. The predicted molar refractivity (Wildman–Crippen MR) is 271 cm³/mol. The van der Waals surface area contributed by atoms with Gasteiger partial charge in [-0.3, -0.25) is 0 Å². The van der Waals surface area contributed by atoms with Crippen LogP contribution in [0.2, 0.25) is 0 Å². The Hall–Kier alpha value is -7.68. The molecule has 12 rings (SSSR count). The van der Waals surface area contributed by atoms with Gasteiger partial charge in [0.05, 0.1) is 0 Å². The maximum atomic E-state index is 2.42. The highest BCUT2D eigenvalue weighted by Gasteiger charge is 2.39. The fourth-order valence-corrected chi connectivity index (χ4v) is 11.1. The molecule has 0 fully saturated rings. The second-order valence-electron chi connectivity index (χ2n) is 18.6. The van der Waals surface area contributed by atoms with Crippen LogP contribution in [0.15, 0.2) is 218 Å². The first-order valence-corrected chi connectivity index (χ1v) is 22.5. The molecule has 0 radical (unpaired) electrons. The maximum Gasteiger partial charge on any atom is 0.0465 e. The second-order valence-corrected chi connectivity index (χ2v) is 18.6. The van der Waals surface area contributed by atoms with Crippen LogP contribution in [0, 0.1) is 0 Å². The summed E-state index contributed by atoms with van der Waals surface area (Å²) in [5, 5.41) is 5.26. The third-order valence-electron chi connectivity index (χ3n) is 14.2. The highest BCUT2D eigenvalue weighted by atomic mass is 15.1. The smallest absolute Gasteiger partial charge is 0.0465 e. The number of benzene rings is 10. The number of rotatable bonds is 7. The van der Waals surface area contributed by atoms with Crippen molar-refractivity contribution in [3.63, 3.8) is 0 Å². The highest BCUT2D eigenvalue weighted by molar-refractivity contribution is 6.00. The SMILES string of the molecule is CC1(C)c2cc(N(c3ccccc3)c3ccc(-c4ccc(N(c5ccccc5)c5ccc6c(c5)C(C)(C)c5c-6ccc6ccccc56)cc4)cc3)ccc2-c2ccc3ccccc3c21. The van der Waals surface area contributed by atoms with E-state index in [0.717, 1.165) is 34.1 Å². The van der Waals surface area contributed by atoms with Crippen molar-refractivity contribution in [3.8, 4) is 33.4 Å². The van der Waals surface area contributed by atoms with E-state index in [-0.39, 0.29) is 10.8 Å². The van der Waals surface area contributed by atoms with Crippen LogP contribution in [0.3, 0.4) is 0 Å². The van der Waals surface area contributed by atoms with Crippen LogP contribution in [0.5, 0.6) is 0 Å². The molecule has 0 saturated heterocycles. The number of nitrogens with zero attached hydrogens (tertiary/aromatic N) is 2. The van der Waals surface area contributed by atoms with E-state index in [4.69, 9.17) is 0 Å². The number of hydrogen-bond acceptors (Lipinski definition) is 2. The molecule has 2 heteroatoms. The van der Waals surface area contributed by atoms with Gasteiger partial charge in [-0.25, -0.2) is 0 Å². The Morgan fingerprint density at radius 1 is 0.281 bits per heavy atom. The Balaban J connectivity index is 0.879. The van der Waals surface area contributed by atoms with E-state index in [1.165, 1.54) is 77.2 Å². The van der Waals surface area contributed by atoms with Crippen LogP contribution in [-0.2, 0) is 10.8 Å². The van der Waals surface area contributed by atoms with E-state index in [1.807, 2.05) is 0 Å². The quantitative estimate of drug-likeness (QED) is 0.158. The first-order chi connectivity index (χ1) is 31.3. The van der Waals surface area contributed by atoms with E-state index in [2.05, 4.69) is 256 Å². The summed E-state index contributed by atoms with van der Waals surface area (Å²) in [7, 11) is 0. The lowest BCUT2D eigenvalue weighted by atomic mass is 9.80. The van der Waals surface area contributed by atoms with Crippen molar-refractivity contribution in [2.24, 2.45) is 0 Å². The summed E-state index contributed by atoms with van der Waals surface area (Å²) in [5.41, 5.74) is 19.8. The minimum atomic E-state index is -0.145. The second kappa shape index (κ2) is 14.4. The molecule has 2 nitrogen and oxygen atoms in total. The molecule has 0 amide bonds. The molecule has 0 aliphatic heterocycles. The van der Waals surface area contributed by atoms with E-state index in [0.29, 0.717) is 0 Å². The van der Waals surface area contributed by atoms with Gasteiger partial charge in [0, 0.05) is 45.0 Å². The summed E-state index contributed by atoms with van der Waals surface area (Å²) in [6.07, 6.45) is 0. The minimum Gasteiger partial charge on any atom is -0.310 e. The van der Waals surface area contributed by atoms with Crippen molar-refractivity contribution in [3.05, 3.63) is 241 Å². The molecular formula is C62H48N2. The van der Waals surface area contributed by atoms with Gasteiger partial charge in [0.15, 0.2) is 0 Å². The number of fused-ring (bicyclic) bond motifs is 10. The molecule has 2 aliphatic carbocycles. The average molecular weight is 821 g/mol. The summed E-state index contributed by atoms with van der Waals surface area (Å²) < 4.78 is 0. The third kappa shape index (κ3) is 5.86. The summed E-state index contributed by atoms with van der Waals surface area (Å²) in [5.74, 6) is 0. The Morgan fingerprint density at radius 2 is 0.609 bits per heavy atom. The van der Waals surface area contributed by atoms with E-state index in [9.17, 15) is 0 Å². The van der Waals surface area contributed by atoms with E-state index >= 15 is 0 Å². The molecule has 0 N–H and O–H groups in total. The Bertz CT molecular complexity index is 3190. The van der Waals surface area contributed by atoms with Crippen LogP contribution in [0.4, 0.5) is 34.1 Å². The normalized spacial score (nSPS) is 13.9. The summed E-state index contributed by atoms with van der Waals surface area (Å²) in [6.45, 7) is 9.53. The van der Waals surface area contributed by atoms with Gasteiger partial charge in [-0.1, -0.05) is 173 Å². The first-order valence-electron chi connectivity index (χ1n) is 22.5. The van der Waals surface area contributed by atoms with Crippen LogP contribution < -0.4 is 9.80 Å². The summed E-state index contributed by atoms with van der Waals surface area (Å²) in [6, 6.07) is 80.5. The number of hydrogen-bond donors (Lipinski definition) is 0. The lowest BCUT2D eigenvalue weighted by Gasteiger charge is -2.29. The molecule has 10 aromatic carbocycles. The Labute approximate surface area is 376 Å². The van der Waals surface area contributed by atoms with Gasteiger partial charge in [0.25, 0.3) is 0 Å². The van der Waals surface area contributed by atoms with Crippen molar-refractivity contribution in [2.45, 2.75) is 38.5 Å². The zero-order chi connectivity index (χ0) is 43.2. The molecule has 10 aromatic rings. The maximum absolute atomic E-state index is 2.42. The summed E-state index contributed by atoms with van der Waals surface area (Å²) >= 11 is 0. The molecule has 306 valence electrons. The molecule has 0 heterocycles. The van der Waals surface area contributed by atoms with Gasteiger partial charge in [-0.05, 0) is 150 Å². The predicted octanol–water partition coefficient (Wildman–Crippen LogP) is 17.2. The molecule has 64 heavy (non-hydrogen) atoms. The summed E-state index contributed by atoms with van der Waals surface area (Å²) in [4.78, 5) is 4.78. The van der Waals surface area contributed by atoms with Gasteiger partial charge in [-0.15, -0.1) is 0 Å². The molecule has 0 aromatic heterocycles. The zero-order valence-electron chi connectivity index (χ0n) is 36.7.